The third-order valence-corrected chi connectivity index (χ3v) is 7.12. The van der Waals surface area contributed by atoms with Crippen molar-refractivity contribution in [2.24, 2.45) is 0 Å². The highest BCUT2D eigenvalue weighted by Gasteiger charge is 2.38. The van der Waals surface area contributed by atoms with Gasteiger partial charge in [0.05, 0.1) is 6.10 Å². The van der Waals surface area contributed by atoms with E-state index in [-0.39, 0.29) is 12.1 Å². The Labute approximate surface area is 152 Å². The van der Waals surface area contributed by atoms with Gasteiger partial charge in [0.25, 0.3) is 0 Å². The Kier molecular flexibility index (Phi) is 5.51. The van der Waals surface area contributed by atoms with Crippen molar-refractivity contribution in [3.05, 3.63) is 0 Å². The molecule has 1 aliphatic carbocycles. The van der Waals surface area contributed by atoms with Crippen molar-refractivity contribution in [3.8, 4) is 0 Å². The van der Waals surface area contributed by atoms with Gasteiger partial charge in [0.15, 0.2) is 0 Å². The fraction of sp³-hybridized carbons (Fsp3) is 0.950. The second-order valence-electron chi connectivity index (χ2n) is 8.75. The van der Waals surface area contributed by atoms with Gasteiger partial charge in [-0.1, -0.05) is 19.3 Å². The largest absolute Gasteiger partial charge is 0.376 e. The molecular weight excluding hydrogens is 314 g/mol. The van der Waals surface area contributed by atoms with Gasteiger partial charge in [-0.15, -0.1) is 0 Å². The Morgan fingerprint density at radius 3 is 2.40 bits per heavy atom. The second-order valence-corrected chi connectivity index (χ2v) is 8.75. The summed E-state index contributed by atoms with van der Waals surface area (Å²) >= 11 is 0. The predicted octanol–water partition coefficient (Wildman–Crippen LogP) is 3.13. The van der Waals surface area contributed by atoms with Crippen LogP contribution in [-0.2, 0) is 4.74 Å². The number of nitrogens with one attached hydrogen (secondary N) is 1. The van der Waals surface area contributed by atoms with Gasteiger partial charge in [-0.25, -0.2) is 4.79 Å². The SMILES string of the molecule is CN1C2CCCC1CC(NC(=O)N(CC1CCCO1)C1CCCC1)C2. The molecule has 2 amide bonds. The zero-order chi connectivity index (χ0) is 17.2. The quantitative estimate of drug-likeness (QED) is 0.848. The van der Waals surface area contributed by atoms with Gasteiger partial charge in [-0.3, -0.25) is 0 Å². The van der Waals surface area contributed by atoms with Crippen LogP contribution in [0.3, 0.4) is 0 Å². The molecule has 4 fully saturated rings. The number of amides is 2. The first-order valence-corrected chi connectivity index (χ1v) is 10.6. The van der Waals surface area contributed by atoms with Gasteiger partial charge in [0.2, 0.25) is 0 Å². The summed E-state index contributed by atoms with van der Waals surface area (Å²) in [6.07, 6.45) is 13.5. The zero-order valence-corrected chi connectivity index (χ0v) is 15.8. The van der Waals surface area contributed by atoms with Crippen LogP contribution in [0, 0.1) is 0 Å². The summed E-state index contributed by atoms with van der Waals surface area (Å²) in [5.41, 5.74) is 0. The van der Waals surface area contributed by atoms with E-state index in [0.717, 1.165) is 38.8 Å². The van der Waals surface area contributed by atoms with Gasteiger partial charge in [-0.2, -0.15) is 0 Å². The molecule has 0 aromatic carbocycles. The third kappa shape index (κ3) is 3.97. The summed E-state index contributed by atoms with van der Waals surface area (Å²) in [5, 5.41) is 3.42. The summed E-state index contributed by atoms with van der Waals surface area (Å²) in [4.78, 5) is 17.8. The summed E-state index contributed by atoms with van der Waals surface area (Å²) in [6.45, 7) is 1.65. The molecule has 5 nitrogen and oxygen atoms in total. The molecule has 0 radical (unpaired) electrons. The van der Waals surface area contributed by atoms with Gasteiger partial charge in [-0.05, 0) is 58.4 Å². The highest BCUT2D eigenvalue weighted by Crippen LogP contribution is 2.33. The Morgan fingerprint density at radius 2 is 1.76 bits per heavy atom. The van der Waals surface area contributed by atoms with E-state index in [1.54, 1.807) is 0 Å². The lowest BCUT2D eigenvalue weighted by atomic mass is 9.82. The smallest absolute Gasteiger partial charge is 0.317 e. The van der Waals surface area contributed by atoms with E-state index in [1.165, 1.54) is 44.9 Å². The van der Waals surface area contributed by atoms with Crippen molar-refractivity contribution in [3.63, 3.8) is 0 Å². The van der Waals surface area contributed by atoms with Crippen LogP contribution in [0.4, 0.5) is 4.79 Å². The van der Waals surface area contributed by atoms with Crippen molar-refractivity contribution in [1.82, 2.24) is 15.1 Å². The molecule has 4 rings (SSSR count). The molecule has 1 saturated carbocycles. The predicted molar refractivity (Wildman–Crippen MR) is 98.7 cm³/mol. The summed E-state index contributed by atoms with van der Waals surface area (Å²) < 4.78 is 5.83. The highest BCUT2D eigenvalue weighted by molar-refractivity contribution is 5.75. The first kappa shape index (κ1) is 17.6. The van der Waals surface area contributed by atoms with Crippen molar-refractivity contribution in [1.29, 1.82) is 0 Å². The average molecular weight is 350 g/mol. The summed E-state index contributed by atoms with van der Waals surface area (Å²) in [7, 11) is 2.27. The molecule has 3 saturated heterocycles. The molecule has 3 heterocycles. The number of nitrogens with zero attached hydrogens (tertiary/aromatic N) is 2. The maximum Gasteiger partial charge on any atom is 0.317 e. The Morgan fingerprint density at radius 1 is 1.04 bits per heavy atom. The van der Waals surface area contributed by atoms with Crippen LogP contribution >= 0.6 is 0 Å². The standard InChI is InChI=1S/C20H35N3O2/c1-22-17-8-4-9-18(22)13-15(12-17)21-20(24)23(16-6-2-3-7-16)14-19-10-5-11-25-19/h15-19H,2-14H2,1H3,(H,21,24). The topological polar surface area (TPSA) is 44.8 Å². The zero-order valence-electron chi connectivity index (χ0n) is 15.8. The number of carbonyl (C=O) groups excluding carboxylic acids is 1. The molecule has 3 unspecified atom stereocenters. The molecular formula is C20H35N3O2. The van der Waals surface area contributed by atoms with Crippen molar-refractivity contribution < 1.29 is 9.53 Å². The lowest BCUT2D eigenvalue weighted by molar-refractivity contribution is 0.0446. The Hall–Kier alpha value is -0.810. The van der Waals surface area contributed by atoms with Gasteiger partial charge in [0.1, 0.15) is 0 Å². The lowest BCUT2D eigenvalue weighted by Crippen LogP contribution is -2.58. The highest BCUT2D eigenvalue weighted by atomic mass is 16.5. The van der Waals surface area contributed by atoms with E-state index in [2.05, 4.69) is 22.2 Å². The number of hydrogen-bond donors (Lipinski definition) is 1. The number of urea groups is 1. The van der Waals surface area contributed by atoms with Gasteiger partial charge >= 0.3 is 6.03 Å². The minimum absolute atomic E-state index is 0.176. The van der Waals surface area contributed by atoms with Gasteiger partial charge in [0, 0.05) is 37.3 Å². The van der Waals surface area contributed by atoms with Crippen molar-refractivity contribution in [2.75, 3.05) is 20.2 Å². The monoisotopic (exact) mass is 349 g/mol. The van der Waals surface area contributed by atoms with E-state index < -0.39 is 0 Å². The summed E-state index contributed by atoms with van der Waals surface area (Å²) in [6, 6.07) is 2.28. The van der Waals surface area contributed by atoms with Crippen molar-refractivity contribution >= 4 is 6.03 Å². The molecule has 0 aromatic rings. The minimum atomic E-state index is 0.176. The number of hydrogen-bond acceptors (Lipinski definition) is 3. The molecule has 4 aliphatic rings. The molecule has 5 heteroatoms. The lowest BCUT2D eigenvalue weighted by Gasteiger charge is -2.47. The summed E-state index contributed by atoms with van der Waals surface area (Å²) in [5.74, 6) is 0. The maximum atomic E-state index is 13.1. The van der Waals surface area contributed by atoms with Crippen LogP contribution in [-0.4, -0.2) is 66.3 Å². The second kappa shape index (κ2) is 7.83. The van der Waals surface area contributed by atoms with E-state index in [4.69, 9.17) is 4.74 Å². The molecule has 25 heavy (non-hydrogen) atoms. The van der Waals surface area contributed by atoms with Gasteiger partial charge < -0.3 is 19.9 Å². The Bertz CT molecular complexity index is 446. The number of ether oxygens (including phenoxy) is 1. The maximum absolute atomic E-state index is 13.1. The van der Waals surface area contributed by atoms with E-state index in [9.17, 15) is 4.79 Å². The van der Waals surface area contributed by atoms with E-state index >= 15 is 0 Å². The number of piperidine rings is 2. The number of carbonyl (C=O) groups is 1. The van der Waals surface area contributed by atoms with Crippen LogP contribution in [0.1, 0.15) is 70.6 Å². The van der Waals surface area contributed by atoms with Crippen LogP contribution < -0.4 is 5.32 Å². The van der Waals surface area contributed by atoms with E-state index in [0.29, 0.717) is 24.2 Å². The number of fused-ring (bicyclic) bond motifs is 2. The first-order valence-electron chi connectivity index (χ1n) is 10.6. The first-order chi connectivity index (χ1) is 12.2. The van der Waals surface area contributed by atoms with Crippen LogP contribution in [0.2, 0.25) is 0 Å². The molecule has 0 spiro atoms. The third-order valence-electron chi connectivity index (χ3n) is 7.12. The molecule has 2 bridgehead atoms. The average Bonchev–Trinajstić information content (AvgIpc) is 3.27. The Balaban J connectivity index is 1.37. The van der Waals surface area contributed by atoms with Crippen LogP contribution in [0.5, 0.6) is 0 Å². The molecule has 3 aliphatic heterocycles. The van der Waals surface area contributed by atoms with Crippen LogP contribution in [0.25, 0.3) is 0 Å². The normalized spacial score (nSPS) is 36.5. The van der Waals surface area contributed by atoms with E-state index in [1.807, 2.05) is 0 Å². The fourth-order valence-corrected chi connectivity index (χ4v) is 5.61. The number of rotatable bonds is 4. The fourth-order valence-electron chi connectivity index (χ4n) is 5.61. The molecule has 0 aromatic heterocycles. The molecule has 142 valence electrons. The minimum Gasteiger partial charge on any atom is -0.376 e. The molecule has 1 N–H and O–H groups in total. The van der Waals surface area contributed by atoms with Crippen molar-refractivity contribution in [2.45, 2.75) is 101 Å². The van der Waals surface area contributed by atoms with Crippen LogP contribution in [0.15, 0.2) is 0 Å². The molecule has 3 atom stereocenters.